The van der Waals surface area contributed by atoms with Gasteiger partial charge in [0.1, 0.15) is 0 Å². The molecule has 2 rings (SSSR count). The van der Waals surface area contributed by atoms with Gasteiger partial charge in [-0.2, -0.15) is 5.26 Å². The molecule has 104 valence electrons. The molecule has 1 atom stereocenters. The molecule has 0 aliphatic carbocycles. The van der Waals surface area contributed by atoms with Crippen LogP contribution >= 0.6 is 23.1 Å². The molecule has 0 saturated heterocycles. The van der Waals surface area contributed by atoms with Gasteiger partial charge in [-0.15, -0.1) is 10.2 Å². The Labute approximate surface area is 127 Å². The molecule has 4 nitrogen and oxygen atoms in total. The third kappa shape index (κ3) is 3.95. The van der Waals surface area contributed by atoms with Crippen LogP contribution in [0.4, 0.5) is 10.8 Å². The number of aryl methyl sites for hydroxylation is 2. The SMILES string of the molecule is Cc1ccc(Nc2nnc(SC[C@H](C)C#N)s2)cc1C. The van der Waals surface area contributed by atoms with Crippen LogP contribution in [-0.2, 0) is 0 Å². The third-order valence-electron chi connectivity index (χ3n) is 2.84. The summed E-state index contributed by atoms with van der Waals surface area (Å²) in [5.41, 5.74) is 3.54. The van der Waals surface area contributed by atoms with Crippen LogP contribution in [0.25, 0.3) is 0 Å². The Morgan fingerprint density at radius 3 is 2.85 bits per heavy atom. The van der Waals surface area contributed by atoms with Gasteiger partial charge in [0.05, 0.1) is 12.0 Å². The average Bonchev–Trinajstić information content (AvgIpc) is 2.88. The molecule has 0 fully saturated rings. The van der Waals surface area contributed by atoms with Gasteiger partial charge in [0.25, 0.3) is 0 Å². The summed E-state index contributed by atoms with van der Waals surface area (Å²) in [6.07, 6.45) is 0. The minimum atomic E-state index is 0.0278. The predicted octanol–water partition coefficient (Wildman–Crippen LogP) is 4.15. The highest BCUT2D eigenvalue weighted by molar-refractivity contribution is 8.01. The Morgan fingerprint density at radius 1 is 1.35 bits per heavy atom. The molecule has 1 aromatic carbocycles. The Bertz CT molecular complexity index is 630. The molecule has 1 aromatic heterocycles. The van der Waals surface area contributed by atoms with Gasteiger partial charge in [-0.3, -0.25) is 0 Å². The number of thioether (sulfide) groups is 1. The molecule has 1 N–H and O–H groups in total. The number of anilines is 2. The van der Waals surface area contributed by atoms with Crippen molar-refractivity contribution in [2.45, 2.75) is 25.1 Å². The first-order valence-corrected chi connectivity index (χ1v) is 8.09. The summed E-state index contributed by atoms with van der Waals surface area (Å²) < 4.78 is 0.887. The lowest BCUT2D eigenvalue weighted by molar-refractivity contribution is 0.862. The van der Waals surface area contributed by atoms with Crippen LogP contribution in [0.3, 0.4) is 0 Å². The lowest BCUT2D eigenvalue weighted by atomic mass is 10.1. The molecule has 20 heavy (non-hydrogen) atoms. The van der Waals surface area contributed by atoms with Gasteiger partial charge in [-0.1, -0.05) is 29.2 Å². The van der Waals surface area contributed by atoms with Gasteiger partial charge in [0, 0.05) is 11.4 Å². The number of hydrogen-bond acceptors (Lipinski definition) is 6. The Hall–Kier alpha value is -1.58. The summed E-state index contributed by atoms with van der Waals surface area (Å²) in [5, 5.41) is 21.0. The lowest BCUT2D eigenvalue weighted by Crippen LogP contribution is -1.92. The van der Waals surface area contributed by atoms with E-state index in [9.17, 15) is 0 Å². The van der Waals surface area contributed by atoms with Crippen LogP contribution < -0.4 is 5.32 Å². The van der Waals surface area contributed by atoms with E-state index in [0.717, 1.165) is 20.9 Å². The van der Waals surface area contributed by atoms with E-state index in [1.807, 2.05) is 13.0 Å². The number of benzene rings is 1. The number of aromatic nitrogens is 2. The topological polar surface area (TPSA) is 61.6 Å². The summed E-state index contributed by atoms with van der Waals surface area (Å²) in [6.45, 7) is 6.09. The molecule has 2 aromatic rings. The molecule has 6 heteroatoms. The maximum atomic E-state index is 8.75. The van der Waals surface area contributed by atoms with Crippen molar-refractivity contribution in [1.82, 2.24) is 10.2 Å². The normalized spacial score (nSPS) is 11.9. The molecule has 0 bridgehead atoms. The molecule has 0 aliphatic heterocycles. The van der Waals surface area contributed by atoms with E-state index in [1.165, 1.54) is 22.5 Å². The van der Waals surface area contributed by atoms with Crippen molar-refractivity contribution in [1.29, 1.82) is 5.26 Å². The number of nitriles is 1. The van der Waals surface area contributed by atoms with E-state index in [1.54, 1.807) is 11.8 Å². The number of hydrogen-bond donors (Lipinski definition) is 1. The van der Waals surface area contributed by atoms with Crippen LogP contribution in [0.5, 0.6) is 0 Å². The van der Waals surface area contributed by atoms with Crippen LogP contribution in [0.2, 0.25) is 0 Å². The summed E-state index contributed by atoms with van der Waals surface area (Å²) in [4.78, 5) is 0. The van der Waals surface area contributed by atoms with E-state index < -0.39 is 0 Å². The highest BCUT2D eigenvalue weighted by Gasteiger charge is 2.08. The minimum absolute atomic E-state index is 0.0278. The molecular weight excluding hydrogens is 288 g/mol. The molecule has 0 unspecified atom stereocenters. The molecule has 0 amide bonds. The highest BCUT2D eigenvalue weighted by atomic mass is 32.2. The Morgan fingerprint density at radius 2 is 2.15 bits per heavy atom. The molecule has 0 saturated carbocycles. The van der Waals surface area contributed by atoms with Crippen LogP contribution in [0.1, 0.15) is 18.1 Å². The Balaban J connectivity index is 1.99. The van der Waals surface area contributed by atoms with E-state index in [-0.39, 0.29) is 5.92 Å². The zero-order chi connectivity index (χ0) is 14.5. The molecule has 0 spiro atoms. The first kappa shape index (κ1) is 14.8. The van der Waals surface area contributed by atoms with Crippen molar-refractivity contribution in [2.75, 3.05) is 11.1 Å². The van der Waals surface area contributed by atoms with Crippen molar-refractivity contribution in [3.05, 3.63) is 29.3 Å². The fourth-order valence-electron chi connectivity index (χ4n) is 1.49. The molecule has 0 radical (unpaired) electrons. The molecule has 0 aliphatic rings. The first-order valence-electron chi connectivity index (χ1n) is 6.28. The first-order chi connectivity index (χ1) is 9.58. The zero-order valence-corrected chi connectivity index (χ0v) is 13.3. The number of nitrogens with one attached hydrogen (secondary N) is 1. The summed E-state index contributed by atoms with van der Waals surface area (Å²) in [7, 11) is 0. The van der Waals surface area contributed by atoms with E-state index >= 15 is 0 Å². The number of nitrogens with zero attached hydrogens (tertiary/aromatic N) is 3. The largest absolute Gasteiger partial charge is 0.330 e. The molecular formula is C14H16N4S2. The van der Waals surface area contributed by atoms with Gasteiger partial charge in [0.15, 0.2) is 4.34 Å². The standard InChI is InChI=1S/C14H16N4S2/c1-9(7-15)8-19-14-18-17-13(20-14)16-12-5-4-10(2)11(3)6-12/h4-6,9H,8H2,1-3H3,(H,16,17)/t9-/m1/s1. The fourth-order valence-corrected chi connectivity index (χ4v) is 3.23. The lowest BCUT2D eigenvalue weighted by Gasteiger charge is -2.05. The van der Waals surface area contributed by atoms with E-state index in [4.69, 9.17) is 5.26 Å². The maximum absolute atomic E-state index is 8.75. The molecule has 1 heterocycles. The van der Waals surface area contributed by atoms with Crippen molar-refractivity contribution >= 4 is 33.9 Å². The fraction of sp³-hybridized carbons (Fsp3) is 0.357. The zero-order valence-electron chi connectivity index (χ0n) is 11.7. The van der Waals surface area contributed by atoms with Gasteiger partial charge >= 0.3 is 0 Å². The van der Waals surface area contributed by atoms with E-state index in [2.05, 4.69) is 47.6 Å². The quantitative estimate of drug-likeness (QED) is 0.841. The Kier molecular flexibility index (Phi) is 4.99. The second kappa shape index (κ2) is 6.73. The summed E-state index contributed by atoms with van der Waals surface area (Å²) in [5.74, 6) is 0.773. The van der Waals surface area contributed by atoms with Crippen molar-refractivity contribution < 1.29 is 0 Å². The number of rotatable bonds is 5. The smallest absolute Gasteiger partial charge is 0.210 e. The van der Waals surface area contributed by atoms with Gasteiger partial charge in [-0.25, -0.2) is 0 Å². The van der Waals surface area contributed by atoms with Crippen molar-refractivity contribution in [2.24, 2.45) is 5.92 Å². The summed E-state index contributed by atoms with van der Waals surface area (Å²) in [6, 6.07) is 8.43. The second-order valence-corrected chi connectivity index (χ2v) is 6.88. The monoisotopic (exact) mass is 304 g/mol. The van der Waals surface area contributed by atoms with E-state index in [0.29, 0.717) is 0 Å². The van der Waals surface area contributed by atoms with Crippen LogP contribution in [-0.4, -0.2) is 16.0 Å². The second-order valence-electron chi connectivity index (χ2n) is 4.64. The third-order valence-corrected chi connectivity index (χ3v) is 5.07. The highest BCUT2D eigenvalue weighted by Crippen LogP contribution is 2.29. The van der Waals surface area contributed by atoms with Gasteiger partial charge in [0.2, 0.25) is 5.13 Å². The van der Waals surface area contributed by atoms with Gasteiger partial charge in [-0.05, 0) is 44.0 Å². The summed E-state index contributed by atoms with van der Waals surface area (Å²) >= 11 is 3.08. The maximum Gasteiger partial charge on any atom is 0.210 e. The average molecular weight is 304 g/mol. The van der Waals surface area contributed by atoms with Gasteiger partial charge < -0.3 is 5.32 Å². The predicted molar refractivity (Wildman–Crippen MR) is 84.6 cm³/mol. The van der Waals surface area contributed by atoms with Crippen LogP contribution in [0.15, 0.2) is 22.5 Å². The van der Waals surface area contributed by atoms with Crippen molar-refractivity contribution in [3.63, 3.8) is 0 Å². The minimum Gasteiger partial charge on any atom is -0.330 e. The van der Waals surface area contributed by atoms with Crippen molar-refractivity contribution in [3.8, 4) is 6.07 Å². The van der Waals surface area contributed by atoms with Crippen LogP contribution in [0, 0.1) is 31.1 Å².